The molecule has 1 aliphatic heterocycles. The van der Waals surface area contributed by atoms with E-state index in [1.54, 1.807) is 12.1 Å². The summed E-state index contributed by atoms with van der Waals surface area (Å²) in [4.78, 5) is 12.2. The summed E-state index contributed by atoms with van der Waals surface area (Å²) in [6.45, 7) is 2.55. The lowest BCUT2D eigenvalue weighted by atomic mass is 9.80. The van der Waals surface area contributed by atoms with Crippen LogP contribution in [0, 0.1) is 17.7 Å². The first kappa shape index (κ1) is 19.5. The van der Waals surface area contributed by atoms with E-state index in [1.807, 2.05) is 25.1 Å². The predicted molar refractivity (Wildman–Crippen MR) is 102 cm³/mol. The van der Waals surface area contributed by atoms with Crippen LogP contribution in [0.4, 0.5) is 4.39 Å². The highest BCUT2D eigenvalue weighted by Crippen LogP contribution is 2.28. The van der Waals surface area contributed by atoms with Gasteiger partial charge in [-0.05, 0) is 48.9 Å². The van der Waals surface area contributed by atoms with Gasteiger partial charge < -0.3 is 15.2 Å². The number of carbonyl (C=O) groups is 1. The Balaban J connectivity index is 1.85. The molecule has 0 amide bonds. The summed E-state index contributed by atoms with van der Waals surface area (Å²) in [5.41, 5.74) is 8.06. The number of hydrogen-bond acceptors (Lipinski definition) is 4. The number of rotatable bonds is 4. The fraction of sp³-hybridized carbons (Fsp3) is 0.409. The molecule has 27 heavy (non-hydrogen) atoms. The molecule has 1 heterocycles. The fourth-order valence-electron chi connectivity index (χ4n) is 3.63. The minimum atomic E-state index is -0.769. The molecule has 144 valence electrons. The van der Waals surface area contributed by atoms with Crippen LogP contribution in [0.25, 0.3) is 0 Å². The van der Waals surface area contributed by atoms with Gasteiger partial charge in [0.15, 0.2) is 0 Å². The van der Waals surface area contributed by atoms with Gasteiger partial charge in [-0.25, -0.2) is 4.39 Å². The minimum Gasteiger partial charge on any atom is -0.461 e. The van der Waals surface area contributed by atoms with Crippen LogP contribution in [0.15, 0.2) is 54.6 Å². The molecule has 0 radical (unpaired) electrons. The van der Waals surface area contributed by atoms with Crippen molar-refractivity contribution in [2.75, 3.05) is 13.2 Å². The minimum absolute atomic E-state index is 0.0323. The molecule has 0 aliphatic carbocycles. The smallest absolute Gasteiger partial charge is 0.325 e. The number of nitrogens with two attached hydrogens (primary N) is 1. The Morgan fingerprint density at radius 3 is 2.37 bits per heavy atom. The maximum atomic E-state index is 13.3. The molecule has 1 fully saturated rings. The summed E-state index contributed by atoms with van der Waals surface area (Å²) in [5.74, 6) is -0.523. The van der Waals surface area contributed by atoms with E-state index in [9.17, 15) is 9.18 Å². The molecule has 5 heteroatoms. The van der Waals surface area contributed by atoms with Gasteiger partial charge >= 0.3 is 5.97 Å². The third-order valence-electron chi connectivity index (χ3n) is 5.17. The third kappa shape index (κ3) is 5.37. The second kappa shape index (κ2) is 9.11. The van der Waals surface area contributed by atoms with Gasteiger partial charge in [0.25, 0.3) is 0 Å². The second-order valence-corrected chi connectivity index (χ2v) is 7.23. The van der Waals surface area contributed by atoms with Crippen LogP contribution in [-0.4, -0.2) is 31.3 Å². The van der Waals surface area contributed by atoms with Crippen LogP contribution >= 0.6 is 0 Å². The highest BCUT2D eigenvalue weighted by atomic mass is 19.1. The molecular formula is C22H26FNO3. The summed E-state index contributed by atoms with van der Waals surface area (Å²) < 4.78 is 24.7. The first-order chi connectivity index (χ1) is 13.0. The highest BCUT2D eigenvalue weighted by Gasteiger charge is 2.33. The zero-order valence-electron chi connectivity index (χ0n) is 15.5. The van der Waals surface area contributed by atoms with Gasteiger partial charge in [-0.2, -0.15) is 0 Å². The zero-order chi connectivity index (χ0) is 19.2. The Bertz CT molecular complexity index is 735. The van der Waals surface area contributed by atoms with Gasteiger partial charge in [0.2, 0.25) is 0 Å². The quantitative estimate of drug-likeness (QED) is 0.839. The monoisotopic (exact) mass is 371 g/mol. The number of hydrogen-bond donors (Lipinski definition) is 1. The summed E-state index contributed by atoms with van der Waals surface area (Å²) in [6.07, 6.45) is 1.17. The molecule has 1 saturated heterocycles. The Morgan fingerprint density at radius 1 is 1.00 bits per heavy atom. The van der Waals surface area contributed by atoms with Crippen molar-refractivity contribution in [1.82, 2.24) is 0 Å². The summed E-state index contributed by atoms with van der Waals surface area (Å²) in [7, 11) is 0. The predicted octanol–water partition coefficient (Wildman–Crippen LogP) is 3.13. The lowest BCUT2D eigenvalue weighted by Gasteiger charge is -2.31. The summed E-state index contributed by atoms with van der Waals surface area (Å²) in [5, 5.41) is 0. The lowest BCUT2D eigenvalue weighted by Crippen LogP contribution is -2.39. The highest BCUT2D eigenvalue weighted by molar-refractivity contribution is 5.75. The number of benzene rings is 2. The second-order valence-electron chi connectivity index (χ2n) is 7.23. The first-order valence-corrected chi connectivity index (χ1v) is 9.35. The van der Waals surface area contributed by atoms with E-state index < -0.39 is 12.0 Å². The number of halogens is 1. The van der Waals surface area contributed by atoms with Crippen molar-refractivity contribution < 1.29 is 18.7 Å². The number of esters is 1. The molecule has 0 aromatic heterocycles. The van der Waals surface area contributed by atoms with Crippen molar-refractivity contribution >= 4 is 5.97 Å². The molecule has 2 aromatic rings. The molecule has 0 saturated carbocycles. The van der Waals surface area contributed by atoms with Crippen molar-refractivity contribution in [3.05, 3.63) is 71.5 Å². The van der Waals surface area contributed by atoms with E-state index >= 15 is 0 Å². The van der Waals surface area contributed by atoms with Crippen LogP contribution in [-0.2, 0) is 27.1 Å². The van der Waals surface area contributed by atoms with Gasteiger partial charge in [0.05, 0.1) is 13.2 Å². The summed E-state index contributed by atoms with van der Waals surface area (Å²) >= 11 is 0. The van der Waals surface area contributed by atoms with Gasteiger partial charge in [-0.15, -0.1) is 0 Å². The molecular weight excluding hydrogens is 345 g/mol. The van der Waals surface area contributed by atoms with Crippen LogP contribution < -0.4 is 5.73 Å². The summed E-state index contributed by atoms with van der Waals surface area (Å²) in [6, 6.07) is 15.9. The maximum absolute atomic E-state index is 13.3. The molecule has 4 nitrogen and oxygen atoms in total. The van der Waals surface area contributed by atoms with Crippen molar-refractivity contribution in [2.24, 2.45) is 17.6 Å². The van der Waals surface area contributed by atoms with Crippen LogP contribution in [0.5, 0.6) is 0 Å². The molecule has 4 atom stereocenters. The van der Waals surface area contributed by atoms with Gasteiger partial charge in [-0.3, -0.25) is 4.79 Å². The zero-order valence-corrected chi connectivity index (χ0v) is 15.5. The number of ether oxygens (including phenoxy) is 2. The van der Waals surface area contributed by atoms with E-state index in [-0.39, 0.29) is 30.4 Å². The van der Waals surface area contributed by atoms with E-state index in [4.69, 9.17) is 15.2 Å². The van der Waals surface area contributed by atoms with Crippen molar-refractivity contribution in [3.8, 4) is 0 Å². The molecule has 2 N–H and O–H groups in total. The average molecular weight is 371 g/mol. The number of cyclic esters (lactones) is 1. The fourth-order valence-corrected chi connectivity index (χ4v) is 3.63. The molecule has 0 bridgehead atoms. The molecule has 3 rings (SSSR count). The lowest BCUT2D eigenvalue weighted by molar-refractivity contribution is -0.153. The van der Waals surface area contributed by atoms with Crippen LogP contribution in [0.2, 0.25) is 0 Å². The third-order valence-corrected chi connectivity index (χ3v) is 5.17. The van der Waals surface area contributed by atoms with E-state index in [0.29, 0.717) is 13.0 Å². The topological polar surface area (TPSA) is 61.5 Å². The van der Waals surface area contributed by atoms with E-state index in [0.717, 1.165) is 12.0 Å². The van der Waals surface area contributed by atoms with E-state index in [1.165, 1.54) is 17.7 Å². The standard InChI is InChI=1S/C22H26FNO3/c1-15-20(12-17-7-9-19(23)10-8-17)18(11-16-5-3-2-4-6-16)13-26-14-21(24)22(25)27-15/h2-10,15,18,20-21H,11-14,24H2,1H3/t15-,18-,20-,21-/m0/s1. The average Bonchev–Trinajstić information content (AvgIpc) is 2.71. The van der Waals surface area contributed by atoms with Crippen molar-refractivity contribution in [2.45, 2.75) is 31.9 Å². The largest absolute Gasteiger partial charge is 0.461 e. The Morgan fingerprint density at radius 2 is 1.67 bits per heavy atom. The van der Waals surface area contributed by atoms with Gasteiger partial charge in [-0.1, -0.05) is 42.5 Å². The van der Waals surface area contributed by atoms with E-state index in [2.05, 4.69) is 12.1 Å². The molecule has 0 spiro atoms. The first-order valence-electron chi connectivity index (χ1n) is 9.35. The van der Waals surface area contributed by atoms with Crippen LogP contribution in [0.3, 0.4) is 0 Å². The van der Waals surface area contributed by atoms with Gasteiger partial charge in [0.1, 0.15) is 18.0 Å². The van der Waals surface area contributed by atoms with Gasteiger partial charge in [0, 0.05) is 5.92 Å². The van der Waals surface area contributed by atoms with Crippen molar-refractivity contribution in [3.63, 3.8) is 0 Å². The molecule has 2 aromatic carbocycles. The number of carbonyl (C=O) groups excluding carboxylic acids is 1. The van der Waals surface area contributed by atoms with Crippen molar-refractivity contribution in [1.29, 1.82) is 0 Å². The normalized spacial score (nSPS) is 26.6. The maximum Gasteiger partial charge on any atom is 0.325 e. The Labute approximate surface area is 159 Å². The Kier molecular flexibility index (Phi) is 6.58. The molecule has 0 unspecified atom stereocenters. The molecule has 1 aliphatic rings. The Hall–Kier alpha value is -2.24. The van der Waals surface area contributed by atoms with Crippen LogP contribution in [0.1, 0.15) is 18.1 Å². The SMILES string of the molecule is C[C@@H]1OC(=O)[C@@H](N)COC[C@H](Cc2ccccc2)[C@H]1Cc1ccc(F)cc1.